The first-order valence-corrected chi connectivity index (χ1v) is 7.58. The van der Waals surface area contributed by atoms with Gasteiger partial charge in [0.25, 0.3) is 0 Å². The fraction of sp³-hybridized carbons (Fsp3) is 0.222. The van der Waals surface area contributed by atoms with E-state index < -0.39 is 0 Å². The maximum absolute atomic E-state index is 9.02. The van der Waals surface area contributed by atoms with Crippen molar-refractivity contribution in [2.75, 3.05) is 0 Å². The Labute approximate surface area is 133 Å². The second-order valence-electron chi connectivity index (χ2n) is 5.66. The summed E-state index contributed by atoms with van der Waals surface area (Å²) >= 11 is 0. The van der Waals surface area contributed by atoms with Gasteiger partial charge in [-0.3, -0.25) is 9.97 Å². The Bertz CT molecular complexity index is 880. The Balaban J connectivity index is 1.62. The number of aryl methyl sites for hydroxylation is 1. The largest absolute Gasteiger partial charge is 0.440 e. The molecule has 3 aromatic heterocycles. The minimum absolute atomic E-state index is 0.324. The Morgan fingerprint density at radius 1 is 1.26 bits per heavy atom. The molecule has 0 spiro atoms. The third kappa shape index (κ3) is 2.59. The van der Waals surface area contributed by atoms with E-state index >= 15 is 0 Å². The Hall–Kier alpha value is -3.00. The molecule has 0 aliphatic heterocycles. The lowest BCUT2D eigenvalue weighted by molar-refractivity contribution is 0.463. The van der Waals surface area contributed by atoms with Gasteiger partial charge in [0.05, 0.1) is 11.3 Å². The predicted octanol–water partition coefficient (Wildman–Crippen LogP) is 3.28. The van der Waals surface area contributed by atoms with Crippen LogP contribution in [-0.4, -0.2) is 15.0 Å². The molecule has 0 bridgehead atoms. The van der Waals surface area contributed by atoms with E-state index in [0.29, 0.717) is 17.4 Å². The molecule has 1 atom stereocenters. The lowest BCUT2D eigenvalue weighted by Gasteiger charge is -2.20. The molecule has 0 saturated heterocycles. The second-order valence-corrected chi connectivity index (χ2v) is 5.66. The van der Waals surface area contributed by atoms with Crippen LogP contribution in [0.3, 0.4) is 0 Å². The normalized spacial score (nSPS) is 16.6. The molecule has 4 rings (SSSR count). The van der Waals surface area contributed by atoms with Gasteiger partial charge in [0, 0.05) is 31.4 Å². The van der Waals surface area contributed by atoms with Crippen molar-refractivity contribution in [3.8, 4) is 17.7 Å². The number of hydrogen-bond acceptors (Lipinski definition) is 5. The molecule has 3 aromatic rings. The van der Waals surface area contributed by atoms with Crippen molar-refractivity contribution >= 4 is 0 Å². The lowest BCUT2D eigenvalue weighted by atomic mass is 9.85. The van der Waals surface area contributed by atoms with Crippen LogP contribution in [0.4, 0.5) is 0 Å². The van der Waals surface area contributed by atoms with Gasteiger partial charge in [-0.1, -0.05) is 6.07 Å². The first kappa shape index (κ1) is 13.6. The van der Waals surface area contributed by atoms with E-state index in [0.717, 1.165) is 42.0 Å². The monoisotopic (exact) mass is 302 g/mol. The van der Waals surface area contributed by atoms with Crippen LogP contribution in [0.2, 0.25) is 0 Å². The van der Waals surface area contributed by atoms with Crippen LogP contribution in [0.15, 0.2) is 47.3 Å². The van der Waals surface area contributed by atoms with Crippen LogP contribution >= 0.6 is 0 Å². The van der Waals surface area contributed by atoms with E-state index in [1.165, 1.54) is 0 Å². The van der Waals surface area contributed by atoms with Gasteiger partial charge in [0.2, 0.25) is 5.89 Å². The molecule has 5 nitrogen and oxygen atoms in total. The highest BCUT2D eigenvalue weighted by atomic mass is 16.4. The number of pyridine rings is 2. The highest BCUT2D eigenvalue weighted by Gasteiger charge is 2.26. The van der Waals surface area contributed by atoms with Gasteiger partial charge in [0.15, 0.2) is 0 Å². The summed E-state index contributed by atoms with van der Waals surface area (Å²) < 4.78 is 5.88. The lowest BCUT2D eigenvalue weighted by Crippen LogP contribution is -2.12. The average molecular weight is 302 g/mol. The van der Waals surface area contributed by atoms with Gasteiger partial charge in [0.1, 0.15) is 17.5 Å². The van der Waals surface area contributed by atoms with Crippen molar-refractivity contribution in [1.82, 2.24) is 15.0 Å². The summed E-state index contributed by atoms with van der Waals surface area (Å²) in [6.07, 6.45) is 7.79. The standard InChI is InChI=1S/C18H14N4O/c19-9-12-7-14(11-20-10-12)13-4-5-17-16(8-13)22-18(23-17)15-3-1-2-6-21-15/h1-3,6-7,10-11,13H,4-5,8H2. The van der Waals surface area contributed by atoms with Crippen molar-refractivity contribution in [2.45, 2.75) is 25.2 Å². The maximum Gasteiger partial charge on any atom is 0.245 e. The third-order valence-electron chi connectivity index (χ3n) is 4.18. The van der Waals surface area contributed by atoms with Crippen molar-refractivity contribution < 1.29 is 4.42 Å². The molecular weight excluding hydrogens is 288 g/mol. The first-order chi connectivity index (χ1) is 11.3. The van der Waals surface area contributed by atoms with E-state index in [-0.39, 0.29) is 0 Å². The van der Waals surface area contributed by atoms with Crippen LogP contribution in [0.25, 0.3) is 11.6 Å². The molecule has 112 valence electrons. The number of rotatable bonds is 2. The van der Waals surface area contributed by atoms with Crippen molar-refractivity contribution in [3.05, 3.63) is 65.4 Å². The molecule has 1 unspecified atom stereocenters. The summed E-state index contributed by atoms with van der Waals surface area (Å²) in [6, 6.07) is 9.76. The van der Waals surface area contributed by atoms with Crippen molar-refractivity contribution in [2.24, 2.45) is 0 Å². The number of nitriles is 1. The van der Waals surface area contributed by atoms with Gasteiger partial charge in [-0.2, -0.15) is 5.26 Å². The number of aromatic nitrogens is 3. The number of oxazole rings is 1. The van der Waals surface area contributed by atoms with E-state index in [1.54, 1.807) is 12.4 Å². The van der Waals surface area contributed by atoms with Crippen LogP contribution < -0.4 is 0 Å². The Morgan fingerprint density at radius 3 is 3.04 bits per heavy atom. The molecular formula is C18H14N4O. The van der Waals surface area contributed by atoms with E-state index in [9.17, 15) is 0 Å². The summed E-state index contributed by atoms with van der Waals surface area (Å²) in [5, 5.41) is 9.02. The zero-order valence-corrected chi connectivity index (χ0v) is 12.4. The molecule has 0 fully saturated rings. The first-order valence-electron chi connectivity index (χ1n) is 7.58. The quantitative estimate of drug-likeness (QED) is 0.726. The van der Waals surface area contributed by atoms with E-state index in [1.807, 2.05) is 30.5 Å². The summed E-state index contributed by atoms with van der Waals surface area (Å²) in [4.78, 5) is 13.1. The summed E-state index contributed by atoms with van der Waals surface area (Å²) in [5.74, 6) is 1.86. The Morgan fingerprint density at radius 2 is 2.22 bits per heavy atom. The molecule has 5 heteroatoms. The molecule has 1 aliphatic carbocycles. The highest BCUT2D eigenvalue weighted by molar-refractivity contribution is 5.47. The molecule has 0 N–H and O–H groups in total. The maximum atomic E-state index is 9.02. The molecule has 0 aromatic carbocycles. The summed E-state index contributed by atoms with van der Waals surface area (Å²) in [5.41, 5.74) is 3.44. The fourth-order valence-electron chi connectivity index (χ4n) is 3.00. The van der Waals surface area contributed by atoms with Crippen LogP contribution in [0.1, 0.15) is 34.9 Å². The molecule has 0 amide bonds. The fourth-order valence-corrected chi connectivity index (χ4v) is 3.00. The highest BCUT2D eigenvalue weighted by Crippen LogP contribution is 2.34. The summed E-state index contributed by atoms with van der Waals surface area (Å²) in [7, 11) is 0. The van der Waals surface area contributed by atoms with Crippen LogP contribution in [0.5, 0.6) is 0 Å². The van der Waals surface area contributed by atoms with Crippen molar-refractivity contribution in [1.29, 1.82) is 5.26 Å². The number of nitrogens with zero attached hydrogens (tertiary/aromatic N) is 4. The topological polar surface area (TPSA) is 75.6 Å². The second kappa shape index (κ2) is 5.65. The smallest absolute Gasteiger partial charge is 0.245 e. The van der Waals surface area contributed by atoms with Gasteiger partial charge in [-0.05, 0) is 36.1 Å². The molecule has 0 radical (unpaired) electrons. The van der Waals surface area contributed by atoms with Gasteiger partial charge < -0.3 is 4.42 Å². The Kier molecular flexibility index (Phi) is 3.35. The molecule has 3 heterocycles. The van der Waals surface area contributed by atoms with Crippen molar-refractivity contribution in [3.63, 3.8) is 0 Å². The minimum atomic E-state index is 0.324. The molecule has 23 heavy (non-hydrogen) atoms. The zero-order valence-electron chi connectivity index (χ0n) is 12.4. The minimum Gasteiger partial charge on any atom is -0.440 e. The zero-order chi connectivity index (χ0) is 15.6. The number of hydrogen-bond donors (Lipinski definition) is 0. The number of fused-ring (bicyclic) bond motifs is 1. The molecule has 0 saturated carbocycles. The van der Waals surface area contributed by atoms with E-state index in [2.05, 4.69) is 21.0 Å². The van der Waals surface area contributed by atoms with Gasteiger partial charge in [-0.25, -0.2) is 4.98 Å². The summed E-state index contributed by atoms with van der Waals surface area (Å²) in [6.45, 7) is 0. The van der Waals surface area contributed by atoms with Crippen LogP contribution in [-0.2, 0) is 12.8 Å². The average Bonchev–Trinajstić information content (AvgIpc) is 3.06. The molecule has 1 aliphatic rings. The van der Waals surface area contributed by atoms with Gasteiger partial charge >= 0.3 is 0 Å². The predicted molar refractivity (Wildman–Crippen MR) is 83.5 cm³/mol. The van der Waals surface area contributed by atoms with Crippen LogP contribution in [0, 0.1) is 11.3 Å². The van der Waals surface area contributed by atoms with E-state index in [4.69, 9.17) is 9.68 Å². The SMILES string of the molecule is N#Cc1cncc(C2CCc3oc(-c4ccccn4)nc3C2)c1. The third-order valence-corrected chi connectivity index (χ3v) is 4.18. The van der Waals surface area contributed by atoms with Gasteiger partial charge in [-0.15, -0.1) is 0 Å².